The number of hydrogen-bond donors (Lipinski definition) is 1. The molecule has 0 spiro atoms. The largest absolute Gasteiger partial charge is 0.324 e. The van der Waals surface area contributed by atoms with Crippen LogP contribution in [0.2, 0.25) is 0 Å². The van der Waals surface area contributed by atoms with Crippen molar-refractivity contribution in [1.82, 2.24) is 14.7 Å². The second-order valence-corrected chi connectivity index (χ2v) is 6.60. The lowest BCUT2D eigenvalue weighted by atomic mass is 9.96. The van der Waals surface area contributed by atoms with Gasteiger partial charge in [-0.05, 0) is 31.6 Å². The van der Waals surface area contributed by atoms with E-state index in [4.69, 9.17) is 0 Å². The third-order valence-electron chi connectivity index (χ3n) is 4.74. The van der Waals surface area contributed by atoms with Gasteiger partial charge in [-0.3, -0.25) is 10.00 Å². The van der Waals surface area contributed by atoms with Crippen molar-refractivity contribution >= 4 is 11.8 Å². The summed E-state index contributed by atoms with van der Waals surface area (Å²) in [6.45, 7) is 3.92. The Bertz CT molecular complexity index is 478. The molecule has 2 heterocycles. The maximum Gasteiger partial charge on any atom is 0.323 e. The molecule has 1 N–H and O–H groups in total. The molecule has 3 rings (SSSR count). The summed E-state index contributed by atoms with van der Waals surface area (Å²) in [5, 5.41) is 7.49. The highest BCUT2D eigenvalue weighted by Gasteiger charge is 2.22. The molecule has 0 aromatic carbocycles. The maximum atomic E-state index is 12.3. The molecule has 5 nitrogen and oxygen atoms in total. The molecule has 1 aliphatic heterocycles. The van der Waals surface area contributed by atoms with Crippen molar-refractivity contribution in [1.29, 1.82) is 0 Å². The highest BCUT2D eigenvalue weighted by molar-refractivity contribution is 5.88. The van der Waals surface area contributed by atoms with E-state index in [0.717, 1.165) is 19.5 Å². The fourth-order valence-electron chi connectivity index (χ4n) is 3.52. The van der Waals surface area contributed by atoms with Crippen LogP contribution in [0.4, 0.5) is 10.6 Å². The van der Waals surface area contributed by atoms with Gasteiger partial charge in [-0.15, -0.1) is 0 Å². The smallest absolute Gasteiger partial charge is 0.323 e. The number of likely N-dealkylation sites (tertiary alicyclic amines) is 1. The SMILES string of the molecule is C[C@H]1CCCN(C(=O)Nc2ccn(C3CCCCC3)n2)C1. The third-order valence-corrected chi connectivity index (χ3v) is 4.74. The van der Waals surface area contributed by atoms with Crippen LogP contribution >= 0.6 is 0 Å². The molecule has 21 heavy (non-hydrogen) atoms. The summed E-state index contributed by atoms with van der Waals surface area (Å²) >= 11 is 0. The van der Waals surface area contributed by atoms with Crippen LogP contribution in [0, 0.1) is 5.92 Å². The zero-order valence-corrected chi connectivity index (χ0v) is 12.9. The molecule has 116 valence electrons. The van der Waals surface area contributed by atoms with E-state index in [9.17, 15) is 4.79 Å². The predicted molar refractivity (Wildman–Crippen MR) is 83.3 cm³/mol. The Kier molecular flexibility index (Phi) is 4.46. The van der Waals surface area contributed by atoms with E-state index in [1.807, 2.05) is 21.8 Å². The Morgan fingerprint density at radius 2 is 2.05 bits per heavy atom. The summed E-state index contributed by atoms with van der Waals surface area (Å²) in [6.07, 6.45) is 10.7. The number of amides is 2. The standard InChI is InChI=1S/C16H26N4O/c1-13-6-5-10-19(12-13)16(21)17-15-9-11-20(18-15)14-7-3-2-4-8-14/h9,11,13-14H,2-8,10,12H2,1H3,(H,17,18,21)/t13-/m0/s1. The number of urea groups is 1. The second-order valence-electron chi connectivity index (χ2n) is 6.60. The number of rotatable bonds is 2. The summed E-state index contributed by atoms with van der Waals surface area (Å²) in [4.78, 5) is 14.2. The highest BCUT2D eigenvalue weighted by Crippen LogP contribution is 2.28. The van der Waals surface area contributed by atoms with Crippen LogP contribution in [0.25, 0.3) is 0 Å². The van der Waals surface area contributed by atoms with Crippen molar-refractivity contribution < 1.29 is 4.79 Å². The van der Waals surface area contributed by atoms with Crippen molar-refractivity contribution in [3.05, 3.63) is 12.3 Å². The molecule has 1 aromatic rings. The molecule has 0 unspecified atom stereocenters. The summed E-state index contributed by atoms with van der Waals surface area (Å²) in [7, 11) is 0. The van der Waals surface area contributed by atoms with E-state index in [2.05, 4.69) is 17.3 Å². The lowest BCUT2D eigenvalue weighted by Gasteiger charge is -2.30. The molecular formula is C16H26N4O. The van der Waals surface area contributed by atoms with E-state index in [-0.39, 0.29) is 6.03 Å². The fraction of sp³-hybridized carbons (Fsp3) is 0.750. The van der Waals surface area contributed by atoms with Crippen molar-refractivity contribution in [3.8, 4) is 0 Å². The molecule has 1 aromatic heterocycles. The third kappa shape index (κ3) is 3.57. The molecule has 2 fully saturated rings. The zero-order valence-electron chi connectivity index (χ0n) is 12.9. The first-order valence-corrected chi connectivity index (χ1v) is 8.33. The van der Waals surface area contributed by atoms with Gasteiger partial charge in [0.05, 0.1) is 6.04 Å². The lowest BCUT2D eigenvalue weighted by molar-refractivity contribution is 0.182. The first kappa shape index (κ1) is 14.4. The molecular weight excluding hydrogens is 264 g/mol. The number of carbonyl (C=O) groups excluding carboxylic acids is 1. The number of carbonyl (C=O) groups is 1. The first-order valence-electron chi connectivity index (χ1n) is 8.33. The minimum atomic E-state index is -0.00422. The quantitative estimate of drug-likeness (QED) is 0.903. The molecule has 1 aliphatic carbocycles. The van der Waals surface area contributed by atoms with Gasteiger partial charge < -0.3 is 4.90 Å². The van der Waals surface area contributed by atoms with Crippen LogP contribution in [0.5, 0.6) is 0 Å². The number of piperidine rings is 1. The molecule has 2 aliphatic rings. The number of anilines is 1. The Labute approximate surface area is 126 Å². The van der Waals surface area contributed by atoms with Gasteiger partial charge in [-0.1, -0.05) is 26.2 Å². The second kappa shape index (κ2) is 6.50. The lowest BCUT2D eigenvalue weighted by Crippen LogP contribution is -2.41. The minimum Gasteiger partial charge on any atom is -0.324 e. The van der Waals surface area contributed by atoms with Crippen LogP contribution in [0.1, 0.15) is 57.9 Å². The molecule has 1 saturated heterocycles. The van der Waals surface area contributed by atoms with E-state index >= 15 is 0 Å². The van der Waals surface area contributed by atoms with Gasteiger partial charge in [0.15, 0.2) is 5.82 Å². The van der Waals surface area contributed by atoms with Crippen LogP contribution < -0.4 is 5.32 Å². The molecule has 0 bridgehead atoms. The summed E-state index contributed by atoms with van der Waals surface area (Å²) in [5.74, 6) is 1.29. The maximum absolute atomic E-state index is 12.3. The molecule has 1 saturated carbocycles. The van der Waals surface area contributed by atoms with Crippen LogP contribution in [-0.4, -0.2) is 33.8 Å². The van der Waals surface area contributed by atoms with E-state index in [1.54, 1.807) is 0 Å². The van der Waals surface area contributed by atoms with Gasteiger partial charge in [-0.2, -0.15) is 5.10 Å². The van der Waals surface area contributed by atoms with Crippen molar-refractivity contribution in [3.63, 3.8) is 0 Å². The topological polar surface area (TPSA) is 50.2 Å². The molecule has 5 heteroatoms. The van der Waals surface area contributed by atoms with Gasteiger partial charge in [0.25, 0.3) is 0 Å². The van der Waals surface area contributed by atoms with Gasteiger partial charge in [-0.25, -0.2) is 4.79 Å². The Morgan fingerprint density at radius 3 is 2.81 bits per heavy atom. The average Bonchev–Trinajstić information content (AvgIpc) is 2.97. The van der Waals surface area contributed by atoms with E-state index in [1.165, 1.54) is 38.5 Å². The van der Waals surface area contributed by atoms with E-state index in [0.29, 0.717) is 17.8 Å². The number of hydrogen-bond acceptors (Lipinski definition) is 2. The van der Waals surface area contributed by atoms with Crippen LogP contribution in [0.3, 0.4) is 0 Å². The molecule has 1 atom stereocenters. The van der Waals surface area contributed by atoms with Gasteiger partial charge in [0.1, 0.15) is 0 Å². The minimum absolute atomic E-state index is 0.00422. The van der Waals surface area contributed by atoms with Gasteiger partial charge >= 0.3 is 6.03 Å². The van der Waals surface area contributed by atoms with Crippen molar-refractivity contribution in [2.45, 2.75) is 57.9 Å². The van der Waals surface area contributed by atoms with Gasteiger partial charge in [0, 0.05) is 25.4 Å². The van der Waals surface area contributed by atoms with Gasteiger partial charge in [0.2, 0.25) is 0 Å². The van der Waals surface area contributed by atoms with Crippen LogP contribution in [-0.2, 0) is 0 Å². The predicted octanol–water partition coefficient (Wildman–Crippen LogP) is 3.65. The van der Waals surface area contributed by atoms with E-state index < -0.39 is 0 Å². The first-order chi connectivity index (χ1) is 10.2. The van der Waals surface area contributed by atoms with Crippen molar-refractivity contribution in [2.24, 2.45) is 5.92 Å². The molecule has 0 radical (unpaired) electrons. The number of nitrogens with zero attached hydrogens (tertiary/aromatic N) is 3. The molecule has 2 amide bonds. The number of aromatic nitrogens is 2. The van der Waals surface area contributed by atoms with Crippen molar-refractivity contribution in [2.75, 3.05) is 18.4 Å². The summed E-state index contributed by atoms with van der Waals surface area (Å²) in [5.41, 5.74) is 0. The summed E-state index contributed by atoms with van der Waals surface area (Å²) < 4.78 is 2.04. The monoisotopic (exact) mass is 290 g/mol. The Morgan fingerprint density at radius 1 is 1.24 bits per heavy atom. The fourth-order valence-corrected chi connectivity index (χ4v) is 3.52. The number of nitrogens with one attached hydrogen (secondary N) is 1. The highest BCUT2D eigenvalue weighted by atomic mass is 16.2. The normalized spacial score (nSPS) is 24.0. The Hall–Kier alpha value is -1.52. The van der Waals surface area contributed by atoms with Crippen LogP contribution in [0.15, 0.2) is 12.3 Å². The zero-order chi connectivity index (χ0) is 14.7. The summed E-state index contributed by atoms with van der Waals surface area (Å²) in [6, 6.07) is 2.43. The Balaban J connectivity index is 1.57. The average molecular weight is 290 g/mol.